The van der Waals surface area contributed by atoms with Crippen LogP contribution >= 0.6 is 0 Å². The highest BCUT2D eigenvalue weighted by Gasteiger charge is 2.54. The minimum absolute atomic E-state index is 0.0101. The molecular formula is C27H29N3O3. The van der Waals surface area contributed by atoms with Crippen LogP contribution in [-0.2, 0) is 9.59 Å². The monoisotopic (exact) mass is 443 g/mol. The first-order valence-electron chi connectivity index (χ1n) is 11.9. The summed E-state index contributed by atoms with van der Waals surface area (Å²) in [6.07, 6.45) is 5.23. The van der Waals surface area contributed by atoms with Crippen molar-refractivity contribution < 1.29 is 14.7 Å². The first-order valence-corrected chi connectivity index (χ1v) is 11.9. The summed E-state index contributed by atoms with van der Waals surface area (Å²) in [5.41, 5.74) is 3.79. The van der Waals surface area contributed by atoms with Gasteiger partial charge in [-0.25, -0.2) is 0 Å². The van der Waals surface area contributed by atoms with Gasteiger partial charge in [0.1, 0.15) is 0 Å². The highest BCUT2D eigenvalue weighted by Crippen LogP contribution is 2.43. The highest BCUT2D eigenvalue weighted by molar-refractivity contribution is 5.88. The van der Waals surface area contributed by atoms with Gasteiger partial charge in [0.25, 0.3) is 0 Å². The number of piperazine rings is 1. The number of nitrogens with zero attached hydrogens (tertiary/aromatic N) is 3. The van der Waals surface area contributed by atoms with Crippen molar-refractivity contribution in [1.82, 2.24) is 9.80 Å². The molecule has 1 N–H and O–H groups in total. The molecule has 0 aromatic heterocycles. The zero-order valence-electron chi connectivity index (χ0n) is 18.7. The summed E-state index contributed by atoms with van der Waals surface area (Å²) in [6, 6.07) is 17.5. The van der Waals surface area contributed by atoms with Crippen molar-refractivity contribution in [2.45, 2.75) is 50.1 Å². The Labute approximate surface area is 194 Å². The Hall–Kier alpha value is -3.17. The van der Waals surface area contributed by atoms with E-state index in [1.165, 1.54) is 6.42 Å². The number of hydrogen-bond acceptors (Lipinski definition) is 4. The number of amides is 2. The van der Waals surface area contributed by atoms with Crippen LogP contribution in [0.25, 0.3) is 11.1 Å². The second kappa shape index (κ2) is 8.99. The van der Waals surface area contributed by atoms with Gasteiger partial charge in [0.2, 0.25) is 11.8 Å². The van der Waals surface area contributed by atoms with Crippen molar-refractivity contribution in [1.29, 1.82) is 5.26 Å². The Morgan fingerprint density at radius 1 is 1.00 bits per heavy atom. The summed E-state index contributed by atoms with van der Waals surface area (Å²) in [5, 5.41) is 19.0. The number of aliphatic hydroxyl groups excluding tert-OH is 1. The first-order chi connectivity index (χ1) is 16.1. The maximum absolute atomic E-state index is 13.1. The van der Waals surface area contributed by atoms with Crippen molar-refractivity contribution in [3.8, 4) is 17.2 Å². The van der Waals surface area contributed by atoms with Gasteiger partial charge in [0.15, 0.2) is 0 Å². The molecule has 3 atom stereocenters. The standard InChI is InChI=1S/C27H29N3O3/c28-14-18-6-8-19(9-7-18)20-10-12-21(13-11-20)26-23-15-29(16-25(32)30(23)24(26)17-31)27(33)22-4-2-1-3-5-22/h6-13,22-24,26,31H,1-5,15-17H2/t23-,24-,26+/m1/s1. The second-order valence-corrected chi connectivity index (χ2v) is 9.51. The average molecular weight is 444 g/mol. The maximum Gasteiger partial charge on any atom is 0.242 e. The van der Waals surface area contributed by atoms with Crippen molar-refractivity contribution in [3.05, 3.63) is 59.7 Å². The molecule has 170 valence electrons. The fourth-order valence-corrected chi connectivity index (χ4v) is 5.91. The molecule has 5 rings (SSSR count). The zero-order chi connectivity index (χ0) is 22.9. The van der Waals surface area contributed by atoms with Gasteiger partial charge < -0.3 is 14.9 Å². The number of fused-ring (bicyclic) bond motifs is 1. The third kappa shape index (κ3) is 3.91. The number of carbonyl (C=O) groups is 2. The summed E-state index contributed by atoms with van der Waals surface area (Å²) in [4.78, 5) is 29.6. The molecule has 2 saturated heterocycles. The minimum atomic E-state index is -0.241. The lowest BCUT2D eigenvalue weighted by molar-refractivity contribution is -0.168. The van der Waals surface area contributed by atoms with Gasteiger partial charge in [0, 0.05) is 18.4 Å². The van der Waals surface area contributed by atoms with Gasteiger partial charge in [-0.05, 0) is 41.7 Å². The SMILES string of the molecule is N#Cc1ccc(-c2ccc([C@@H]3[C@@H](CO)N4C(=O)CN(C(=O)C5CCCCC5)C[C@H]34)cc2)cc1. The topological polar surface area (TPSA) is 84.6 Å². The van der Waals surface area contributed by atoms with Crippen molar-refractivity contribution in [2.24, 2.45) is 5.92 Å². The van der Waals surface area contributed by atoms with E-state index in [2.05, 4.69) is 18.2 Å². The predicted octanol–water partition coefficient (Wildman–Crippen LogP) is 3.30. The molecule has 0 radical (unpaired) electrons. The molecule has 6 nitrogen and oxygen atoms in total. The molecule has 6 heteroatoms. The van der Waals surface area contributed by atoms with E-state index in [1.807, 2.05) is 24.3 Å². The molecule has 1 aliphatic carbocycles. The number of rotatable bonds is 4. The lowest BCUT2D eigenvalue weighted by Crippen LogP contribution is -2.73. The van der Waals surface area contributed by atoms with Gasteiger partial charge in [0.05, 0.1) is 36.9 Å². The molecule has 0 bridgehead atoms. The molecule has 3 fully saturated rings. The third-order valence-corrected chi connectivity index (χ3v) is 7.66. The largest absolute Gasteiger partial charge is 0.394 e. The van der Waals surface area contributed by atoms with Gasteiger partial charge in [-0.2, -0.15) is 5.26 Å². The molecule has 2 aromatic carbocycles. The van der Waals surface area contributed by atoms with Gasteiger partial charge in [-0.1, -0.05) is 55.7 Å². The number of benzene rings is 2. The number of carbonyl (C=O) groups excluding carboxylic acids is 2. The van der Waals surface area contributed by atoms with E-state index in [0.29, 0.717) is 12.1 Å². The number of aliphatic hydroxyl groups is 1. The summed E-state index contributed by atoms with van der Waals surface area (Å²) in [5.74, 6) is 0.137. The molecule has 2 aliphatic heterocycles. The van der Waals surface area contributed by atoms with Crippen LogP contribution in [-0.4, -0.2) is 58.5 Å². The van der Waals surface area contributed by atoms with Crippen LogP contribution in [0.1, 0.15) is 49.1 Å². The van der Waals surface area contributed by atoms with Gasteiger partial charge >= 0.3 is 0 Å². The van der Waals surface area contributed by atoms with E-state index in [0.717, 1.165) is 42.4 Å². The smallest absolute Gasteiger partial charge is 0.242 e. The number of hydrogen-bond donors (Lipinski definition) is 1. The molecule has 3 aliphatic rings. The fraction of sp³-hybridized carbons (Fsp3) is 0.444. The number of nitriles is 1. The molecule has 33 heavy (non-hydrogen) atoms. The van der Waals surface area contributed by atoms with Crippen molar-refractivity contribution in [3.63, 3.8) is 0 Å². The lowest BCUT2D eigenvalue weighted by Gasteiger charge is -2.59. The molecule has 2 aromatic rings. The predicted molar refractivity (Wildman–Crippen MR) is 124 cm³/mol. The Bertz CT molecular complexity index is 1070. The van der Waals surface area contributed by atoms with E-state index in [4.69, 9.17) is 5.26 Å². The van der Waals surface area contributed by atoms with Crippen molar-refractivity contribution in [2.75, 3.05) is 19.7 Å². The van der Waals surface area contributed by atoms with Crippen LogP contribution in [0.3, 0.4) is 0 Å². The fourth-order valence-electron chi connectivity index (χ4n) is 5.91. The second-order valence-electron chi connectivity index (χ2n) is 9.51. The van der Waals surface area contributed by atoms with E-state index in [-0.39, 0.29) is 48.9 Å². The lowest BCUT2D eigenvalue weighted by atomic mass is 9.73. The molecule has 1 saturated carbocycles. The molecule has 0 spiro atoms. The van der Waals surface area contributed by atoms with Crippen LogP contribution < -0.4 is 0 Å². The Balaban J connectivity index is 1.34. The third-order valence-electron chi connectivity index (χ3n) is 7.66. The van der Waals surface area contributed by atoms with Gasteiger partial charge in [-0.15, -0.1) is 0 Å². The van der Waals surface area contributed by atoms with Crippen LogP contribution in [0.4, 0.5) is 0 Å². The summed E-state index contributed by atoms with van der Waals surface area (Å²) < 4.78 is 0. The Morgan fingerprint density at radius 2 is 1.64 bits per heavy atom. The quantitative estimate of drug-likeness (QED) is 0.786. The minimum Gasteiger partial charge on any atom is -0.394 e. The van der Waals surface area contributed by atoms with Crippen molar-refractivity contribution >= 4 is 11.8 Å². The summed E-state index contributed by atoms with van der Waals surface area (Å²) in [6.45, 7) is 0.590. The van der Waals surface area contributed by atoms with Gasteiger partial charge in [-0.3, -0.25) is 9.59 Å². The van der Waals surface area contributed by atoms with Crippen LogP contribution in [0.15, 0.2) is 48.5 Å². The molecular weight excluding hydrogens is 414 g/mol. The van der Waals surface area contributed by atoms with E-state index in [9.17, 15) is 14.7 Å². The summed E-state index contributed by atoms with van der Waals surface area (Å²) in [7, 11) is 0. The van der Waals surface area contributed by atoms with Crippen LogP contribution in [0.5, 0.6) is 0 Å². The first kappa shape index (κ1) is 21.7. The van der Waals surface area contributed by atoms with E-state index >= 15 is 0 Å². The van der Waals surface area contributed by atoms with Crippen LogP contribution in [0, 0.1) is 17.2 Å². The summed E-state index contributed by atoms with van der Waals surface area (Å²) >= 11 is 0. The van der Waals surface area contributed by atoms with E-state index in [1.54, 1.807) is 21.9 Å². The highest BCUT2D eigenvalue weighted by atomic mass is 16.3. The Morgan fingerprint density at radius 3 is 2.24 bits per heavy atom. The van der Waals surface area contributed by atoms with Crippen LogP contribution in [0.2, 0.25) is 0 Å². The molecule has 2 amide bonds. The molecule has 0 unspecified atom stereocenters. The Kier molecular flexibility index (Phi) is 5.90. The average Bonchev–Trinajstić information content (AvgIpc) is 2.86. The maximum atomic E-state index is 13.1. The van der Waals surface area contributed by atoms with E-state index < -0.39 is 0 Å². The molecule has 2 heterocycles. The zero-order valence-corrected chi connectivity index (χ0v) is 18.7. The normalized spacial score (nSPS) is 25.2.